The number of carbonyl (C=O) groups is 1. The SMILES string of the molecule is Cc1ccc2c(c1)N(S(C)(=O)=O)CC(C(=O)NCCSCc1ccc(Cl)cc1Cl)O2. The van der Waals surface area contributed by atoms with Gasteiger partial charge in [-0.1, -0.05) is 35.3 Å². The van der Waals surface area contributed by atoms with Crippen LogP contribution in [0.1, 0.15) is 11.1 Å². The van der Waals surface area contributed by atoms with E-state index in [0.717, 1.165) is 17.4 Å². The lowest BCUT2D eigenvalue weighted by molar-refractivity contribution is -0.127. The number of aryl methyl sites for hydroxylation is 1. The molecule has 0 saturated heterocycles. The Bertz CT molecular complexity index is 1050. The van der Waals surface area contributed by atoms with E-state index in [4.69, 9.17) is 27.9 Å². The fourth-order valence-corrected chi connectivity index (χ4v) is 5.32. The largest absolute Gasteiger partial charge is 0.476 e. The maximum atomic E-state index is 12.6. The first-order valence-corrected chi connectivity index (χ1v) is 13.0. The van der Waals surface area contributed by atoms with E-state index in [-0.39, 0.29) is 12.5 Å². The second-order valence-corrected chi connectivity index (χ2v) is 10.8. The van der Waals surface area contributed by atoms with Crippen molar-refractivity contribution in [2.45, 2.75) is 18.8 Å². The Labute approximate surface area is 190 Å². The molecule has 1 heterocycles. The van der Waals surface area contributed by atoms with Gasteiger partial charge in [-0.2, -0.15) is 11.8 Å². The van der Waals surface area contributed by atoms with Crippen molar-refractivity contribution in [3.8, 4) is 5.75 Å². The highest BCUT2D eigenvalue weighted by atomic mass is 35.5. The quantitative estimate of drug-likeness (QED) is 0.598. The molecule has 1 aliphatic rings. The Morgan fingerprint density at radius 3 is 2.73 bits per heavy atom. The van der Waals surface area contributed by atoms with Gasteiger partial charge in [-0.05, 0) is 42.3 Å². The summed E-state index contributed by atoms with van der Waals surface area (Å²) in [5, 5.41) is 4.02. The van der Waals surface area contributed by atoms with E-state index in [1.54, 1.807) is 36.0 Å². The van der Waals surface area contributed by atoms with Crippen molar-refractivity contribution in [1.82, 2.24) is 5.32 Å². The Kier molecular flexibility index (Phi) is 7.44. The lowest BCUT2D eigenvalue weighted by Crippen LogP contribution is -2.50. The molecule has 0 radical (unpaired) electrons. The van der Waals surface area contributed by atoms with Crippen LogP contribution in [0.3, 0.4) is 0 Å². The van der Waals surface area contributed by atoms with Crippen molar-refractivity contribution in [3.63, 3.8) is 0 Å². The Hall–Kier alpha value is -1.61. The maximum absolute atomic E-state index is 12.6. The van der Waals surface area contributed by atoms with Gasteiger partial charge in [-0.25, -0.2) is 8.42 Å². The van der Waals surface area contributed by atoms with Gasteiger partial charge in [0, 0.05) is 28.1 Å². The number of halogens is 2. The molecule has 1 unspecified atom stereocenters. The molecule has 1 aliphatic heterocycles. The molecule has 3 rings (SSSR count). The summed E-state index contributed by atoms with van der Waals surface area (Å²) in [5.74, 6) is 1.40. The molecule has 1 N–H and O–H groups in total. The summed E-state index contributed by atoms with van der Waals surface area (Å²) in [7, 11) is -3.54. The van der Waals surface area contributed by atoms with Crippen LogP contribution in [0.15, 0.2) is 36.4 Å². The fourth-order valence-electron chi connectivity index (χ4n) is 2.99. The van der Waals surface area contributed by atoms with Gasteiger partial charge in [-0.15, -0.1) is 0 Å². The summed E-state index contributed by atoms with van der Waals surface area (Å²) in [6, 6.07) is 10.6. The third kappa shape index (κ3) is 5.75. The summed E-state index contributed by atoms with van der Waals surface area (Å²) >= 11 is 13.7. The molecular formula is C20H22Cl2N2O4S2. The van der Waals surface area contributed by atoms with Crippen LogP contribution in [-0.4, -0.2) is 45.5 Å². The number of fused-ring (bicyclic) bond motifs is 1. The highest BCUT2D eigenvalue weighted by Gasteiger charge is 2.34. The molecule has 2 aromatic rings. The van der Waals surface area contributed by atoms with Crippen LogP contribution in [0.5, 0.6) is 5.75 Å². The maximum Gasteiger partial charge on any atom is 0.263 e. The molecule has 10 heteroatoms. The molecule has 1 atom stereocenters. The van der Waals surface area contributed by atoms with Gasteiger partial charge in [0.15, 0.2) is 6.10 Å². The van der Waals surface area contributed by atoms with Crippen molar-refractivity contribution in [2.24, 2.45) is 0 Å². The number of sulfonamides is 1. The number of anilines is 1. The summed E-state index contributed by atoms with van der Waals surface area (Å²) in [6.45, 7) is 2.23. The monoisotopic (exact) mass is 488 g/mol. The number of amides is 1. The summed E-state index contributed by atoms with van der Waals surface area (Å²) < 4.78 is 31.4. The van der Waals surface area contributed by atoms with E-state index in [1.807, 2.05) is 19.1 Å². The normalized spacial score (nSPS) is 16.0. The first kappa shape index (κ1) is 23.1. The predicted molar refractivity (Wildman–Crippen MR) is 123 cm³/mol. The number of nitrogens with zero attached hydrogens (tertiary/aromatic N) is 1. The number of ether oxygens (including phenoxy) is 1. The van der Waals surface area contributed by atoms with Gasteiger partial charge in [0.1, 0.15) is 5.75 Å². The Morgan fingerprint density at radius 2 is 2.03 bits per heavy atom. The number of hydrogen-bond donors (Lipinski definition) is 1. The molecule has 0 aliphatic carbocycles. The molecule has 6 nitrogen and oxygen atoms in total. The third-order valence-electron chi connectivity index (χ3n) is 4.50. The standard InChI is InChI=1S/C20H22Cl2N2O4S2/c1-13-3-6-18-17(9-13)24(30(2,26)27)11-19(28-18)20(25)23-7-8-29-12-14-4-5-15(21)10-16(14)22/h3-6,9-10,19H,7-8,11-12H2,1-2H3,(H,23,25). The molecule has 0 fully saturated rings. The minimum atomic E-state index is -3.54. The molecule has 1 amide bonds. The fraction of sp³-hybridized carbons (Fsp3) is 0.350. The predicted octanol–water partition coefficient (Wildman–Crippen LogP) is 3.88. The average molecular weight is 489 g/mol. The van der Waals surface area contributed by atoms with Gasteiger partial charge >= 0.3 is 0 Å². The van der Waals surface area contributed by atoms with Gasteiger partial charge in [0.05, 0.1) is 18.5 Å². The van der Waals surface area contributed by atoms with E-state index < -0.39 is 16.1 Å². The van der Waals surface area contributed by atoms with E-state index in [1.165, 1.54) is 4.31 Å². The van der Waals surface area contributed by atoms with Crippen molar-refractivity contribution in [1.29, 1.82) is 0 Å². The second kappa shape index (κ2) is 9.68. The van der Waals surface area contributed by atoms with Crippen LogP contribution in [0.4, 0.5) is 5.69 Å². The van der Waals surface area contributed by atoms with Gasteiger partial charge in [0.25, 0.3) is 5.91 Å². The molecule has 0 saturated carbocycles. The number of rotatable bonds is 7. The third-order valence-corrected chi connectivity index (χ3v) is 7.24. The Morgan fingerprint density at radius 1 is 1.27 bits per heavy atom. The zero-order chi connectivity index (χ0) is 21.9. The van der Waals surface area contributed by atoms with Crippen molar-refractivity contribution >= 4 is 56.6 Å². The summed E-state index contributed by atoms with van der Waals surface area (Å²) in [6.07, 6.45) is 0.212. The van der Waals surface area contributed by atoms with E-state index in [0.29, 0.717) is 39.5 Å². The first-order chi connectivity index (χ1) is 14.1. The van der Waals surface area contributed by atoms with E-state index in [9.17, 15) is 13.2 Å². The lowest BCUT2D eigenvalue weighted by Gasteiger charge is -2.34. The van der Waals surface area contributed by atoms with Crippen molar-refractivity contribution < 1.29 is 17.9 Å². The second-order valence-electron chi connectivity index (χ2n) is 6.95. The number of nitrogens with one attached hydrogen (secondary N) is 1. The first-order valence-electron chi connectivity index (χ1n) is 9.19. The minimum Gasteiger partial charge on any atom is -0.476 e. The van der Waals surface area contributed by atoms with Gasteiger partial charge in [0.2, 0.25) is 10.0 Å². The number of benzene rings is 2. The molecule has 162 valence electrons. The smallest absolute Gasteiger partial charge is 0.263 e. The van der Waals surface area contributed by atoms with Gasteiger partial charge in [-0.3, -0.25) is 9.10 Å². The molecule has 2 aromatic carbocycles. The van der Waals surface area contributed by atoms with Crippen LogP contribution >= 0.6 is 35.0 Å². The topological polar surface area (TPSA) is 75.7 Å². The zero-order valence-corrected chi connectivity index (χ0v) is 19.7. The van der Waals surface area contributed by atoms with Gasteiger partial charge < -0.3 is 10.1 Å². The zero-order valence-electron chi connectivity index (χ0n) is 16.5. The van der Waals surface area contributed by atoms with Crippen LogP contribution in [0, 0.1) is 6.92 Å². The highest BCUT2D eigenvalue weighted by Crippen LogP contribution is 2.35. The molecule has 0 bridgehead atoms. The average Bonchev–Trinajstić information content (AvgIpc) is 2.67. The van der Waals surface area contributed by atoms with Crippen LogP contribution < -0.4 is 14.4 Å². The van der Waals surface area contributed by atoms with Crippen LogP contribution in [-0.2, 0) is 20.6 Å². The van der Waals surface area contributed by atoms with E-state index >= 15 is 0 Å². The van der Waals surface area contributed by atoms with E-state index in [2.05, 4.69) is 5.32 Å². The van der Waals surface area contributed by atoms with Crippen molar-refractivity contribution in [2.75, 3.05) is 29.4 Å². The molecule has 0 aromatic heterocycles. The number of thioether (sulfide) groups is 1. The lowest BCUT2D eigenvalue weighted by atomic mass is 10.1. The minimum absolute atomic E-state index is 0.0609. The highest BCUT2D eigenvalue weighted by molar-refractivity contribution is 7.98. The summed E-state index contributed by atoms with van der Waals surface area (Å²) in [5.41, 5.74) is 2.34. The van der Waals surface area contributed by atoms with Crippen LogP contribution in [0.25, 0.3) is 0 Å². The summed E-state index contributed by atoms with van der Waals surface area (Å²) in [4.78, 5) is 12.6. The molecule has 30 heavy (non-hydrogen) atoms. The van der Waals surface area contributed by atoms with Crippen LogP contribution in [0.2, 0.25) is 10.0 Å². The Balaban J connectivity index is 1.55. The number of carbonyl (C=O) groups excluding carboxylic acids is 1. The molecular weight excluding hydrogens is 467 g/mol. The number of hydrogen-bond acceptors (Lipinski definition) is 5. The molecule has 0 spiro atoms. The van der Waals surface area contributed by atoms with Crippen molar-refractivity contribution in [3.05, 3.63) is 57.6 Å².